The number of anilines is 2. The van der Waals surface area contributed by atoms with Gasteiger partial charge in [-0.25, -0.2) is 4.39 Å². The van der Waals surface area contributed by atoms with Crippen LogP contribution in [-0.4, -0.2) is 41.3 Å². The quantitative estimate of drug-likeness (QED) is 0.713. The van der Waals surface area contributed by atoms with Gasteiger partial charge in [-0.2, -0.15) is 0 Å². The van der Waals surface area contributed by atoms with Gasteiger partial charge in [0, 0.05) is 13.1 Å². The number of halogens is 3. The van der Waals surface area contributed by atoms with Gasteiger partial charge in [0.2, 0.25) is 0 Å². The van der Waals surface area contributed by atoms with Crippen molar-refractivity contribution in [3.05, 3.63) is 46.3 Å². The number of nitrogens with zero attached hydrogens (tertiary/aromatic N) is 3. The summed E-state index contributed by atoms with van der Waals surface area (Å²) in [4.78, 5) is 26.8. The Balaban J connectivity index is 1.57. The molecule has 0 radical (unpaired) electrons. The van der Waals surface area contributed by atoms with E-state index in [4.69, 9.17) is 27.9 Å². The first kappa shape index (κ1) is 21.3. The molecule has 0 bridgehead atoms. The minimum Gasteiger partial charge on any atom is -0.452 e. The Hall–Kier alpha value is -2.45. The lowest BCUT2D eigenvalue weighted by Crippen LogP contribution is -2.41. The Labute approximate surface area is 177 Å². The molecule has 1 aliphatic rings. The van der Waals surface area contributed by atoms with Crippen LogP contribution in [-0.2, 0) is 14.3 Å². The molecule has 7 nitrogen and oxygen atoms in total. The third-order valence-corrected chi connectivity index (χ3v) is 5.06. The Morgan fingerprint density at radius 2 is 2.07 bits per heavy atom. The van der Waals surface area contributed by atoms with E-state index in [0.717, 1.165) is 19.0 Å². The minimum absolute atomic E-state index is 0.0591. The lowest BCUT2D eigenvalue weighted by atomic mass is 9.98. The van der Waals surface area contributed by atoms with Crippen LogP contribution in [0.4, 0.5) is 15.9 Å². The molecule has 1 N–H and O–H groups in total. The molecule has 1 aromatic heterocycles. The molecule has 2 atom stereocenters. The van der Waals surface area contributed by atoms with Crippen LogP contribution in [0, 0.1) is 11.7 Å². The van der Waals surface area contributed by atoms with Crippen LogP contribution >= 0.6 is 23.2 Å². The van der Waals surface area contributed by atoms with Gasteiger partial charge < -0.3 is 15.0 Å². The van der Waals surface area contributed by atoms with E-state index >= 15 is 0 Å². The summed E-state index contributed by atoms with van der Waals surface area (Å²) in [6, 6.07) is 6.99. The summed E-state index contributed by atoms with van der Waals surface area (Å²) < 4.78 is 18.4. The normalized spacial score (nSPS) is 17.5. The van der Waals surface area contributed by atoms with E-state index in [9.17, 15) is 14.0 Å². The maximum atomic E-state index is 13.1. The predicted octanol–water partition coefficient (Wildman–Crippen LogP) is 3.71. The van der Waals surface area contributed by atoms with Crippen molar-refractivity contribution < 1.29 is 18.7 Å². The fourth-order valence-electron chi connectivity index (χ4n) is 3.00. The number of nitrogens with one attached hydrogen (secondary N) is 1. The molecule has 2 heterocycles. The van der Waals surface area contributed by atoms with Crippen molar-refractivity contribution in [1.29, 1.82) is 0 Å². The zero-order valence-electron chi connectivity index (χ0n) is 15.6. The molecular weight excluding hydrogens is 422 g/mol. The first-order chi connectivity index (χ1) is 13.8. The maximum Gasteiger partial charge on any atom is 0.311 e. The van der Waals surface area contributed by atoms with Gasteiger partial charge in [-0.3, -0.25) is 9.59 Å². The molecule has 1 aromatic carbocycles. The highest BCUT2D eigenvalue weighted by molar-refractivity contribution is 6.33. The lowest BCUT2D eigenvalue weighted by molar-refractivity contribution is -0.157. The largest absolute Gasteiger partial charge is 0.452 e. The number of piperidine rings is 1. The summed E-state index contributed by atoms with van der Waals surface area (Å²) in [5.41, 5.74) is 0.242. The molecule has 10 heteroatoms. The molecule has 154 valence electrons. The standard InChI is InChI=1S/C19H19Cl2FN4O3/c1-11(18(27)23-15-5-4-13(22)9-14(15)20)29-19(28)12-3-2-8-26(10-12)17-7-6-16(21)24-25-17/h4-7,9,11-12H,2-3,8,10H2,1H3,(H,23,27)/t11-,12-/m1/s1. The number of esters is 1. The summed E-state index contributed by atoms with van der Waals surface area (Å²) >= 11 is 11.7. The molecule has 0 aliphatic carbocycles. The second-order valence-corrected chi connectivity index (χ2v) is 7.49. The number of hydrogen-bond acceptors (Lipinski definition) is 6. The highest BCUT2D eigenvalue weighted by Gasteiger charge is 2.30. The Bertz CT molecular complexity index is 898. The summed E-state index contributed by atoms with van der Waals surface area (Å²) in [5, 5.41) is 10.7. The second kappa shape index (κ2) is 9.37. The molecule has 1 saturated heterocycles. The zero-order valence-corrected chi connectivity index (χ0v) is 17.1. The molecule has 0 saturated carbocycles. The molecule has 1 aliphatic heterocycles. The van der Waals surface area contributed by atoms with Gasteiger partial charge in [0.25, 0.3) is 5.91 Å². The van der Waals surface area contributed by atoms with Crippen LogP contribution in [0.15, 0.2) is 30.3 Å². The van der Waals surface area contributed by atoms with Crippen molar-refractivity contribution in [2.24, 2.45) is 5.92 Å². The van der Waals surface area contributed by atoms with Crippen LogP contribution in [0.1, 0.15) is 19.8 Å². The van der Waals surface area contributed by atoms with Gasteiger partial charge in [-0.15, -0.1) is 10.2 Å². The van der Waals surface area contributed by atoms with E-state index in [1.807, 2.05) is 4.90 Å². The first-order valence-electron chi connectivity index (χ1n) is 9.04. The van der Waals surface area contributed by atoms with E-state index in [1.165, 1.54) is 19.1 Å². The molecule has 29 heavy (non-hydrogen) atoms. The number of amides is 1. The Kier molecular flexibility index (Phi) is 6.87. The van der Waals surface area contributed by atoms with Crippen molar-refractivity contribution >= 4 is 46.6 Å². The van der Waals surface area contributed by atoms with E-state index in [1.54, 1.807) is 12.1 Å². The van der Waals surface area contributed by atoms with Crippen LogP contribution < -0.4 is 10.2 Å². The number of carbonyl (C=O) groups excluding carboxylic acids is 2. The monoisotopic (exact) mass is 440 g/mol. The molecule has 1 fully saturated rings. The predicted molar refractivity (Wildman–Crippen MR) is 108 cm³/mol. The smallest absolute Gasteiger partial charge is 0.311 e. The van der Waals surface area contributed by atoms with Crippen molar-refractivity contribution in [3.8, 4) is 0 Å². The molecule has 3 rings (SSSR count). The van der Waals surface area contributed by atoms with E-state index < -0.39 is 29.7 Å². The number of benzene rings is 1. The van der Waals surface area contributed by atoms with Crippen LogP contribution in [0.5, 0.6) is 0 Å². The zero-order chi connectivity index (χ0) is 21.0. The molecule has 1 amide bonds. The lowest BCUT2D eigenvalue weighted by Gasteiger charge is -2.32. The van der Waals surface area contributed by atoms with E-state index in [0.29, 0.717) is 23.9 Å². The highest BCUT2D eigenvalue weighted by atomic mass is 35.5. The fourth-order valence-corrected chi connectivity index (χ4v) is 3.32. The summed E-state index contributed by atoms with van der Waals surface area (Å²) in [6.45, 7) is 2.61. The number of aromatic nitrogens is 2. The van der Waals surface area contributed by atoms with E-state index in [-0.39, 0.29) is 10.7 Å². The van der Waals surface area contributed by atoms with Gasteiger partial charge in [-0.05, 0) is 50.1 Å². The minimum atomic E-state index is -1.03. The average molecular weight is 441 g/mol. The van der Waals surface area contributed by atoms with Crippen molar-refractivity contribution in [3.63, 3.8) is 0 Å². The van der Waals surface area contributed by atoms with Gasteiger partial charge in [0.15, 0.2) is 17.1 Å². The fraction of sp³-hybridized carbons (Fsp3) is 0.368. The summed E-state index contributed by atoms with van der Waals surface area (Å²) in [6.07, 6.45) is 0.388. The molecular formula is C19H19Cl2FN4O3. The van der Waals surface area contributed by atoms with Gasteiger partial charge in [-0.1, -0.05) is 23.2 Å². The van der Waals surface area contributed by atoms with Crippen LogP contribution in [0.25, 0.3) is 0 Å². The Morgan fingerprint density at radius 1 is 1.28 bits per heavy atom. The van der Waals surface area contributed by atoms with Crippen LogP contribution in [0.2, 0.25) is 10.2 Å². The first-order valence-corrected chi connectivity index (χ1v) is 9.79. The molecule has 0 unspecified atom stereocenters. The highest BCUT2D eigenvalue weighted by Crippen LogP contribution is 2.24. The third kappa shape index (κ3) is 5.55. The maximum absolute atomic E-state index is 13.1. The third-order valence-electron chi connectivity index (χ3n) is 4.55. The van der Waals surface area contributed by atoms with Crippen molar-refractivity contribution in [2.75, 3.05) is 23.3 Å². The van der Waals surface area contributed by atoms with Gasteiger partial charge in [0.1, 0.15) is 5.82 Å². The number of rotatable bonds is 5. The van der Waals surface area contributed by atoms with Crippen molar-refractivity contribution in [1.82, 2.24) is 10.2 Å². The summed E-state index contributed by atoms with van der Waals surface area (Å²) in [5.74, 6) is -1.30. The summed E-state index contributed by atoms with van der Waals surface area (Å²) in [7, 11) is 0. The van der Waals surface area contributed by atoms with Crippen LogP contribution in [0.3, 0.4) is 0 Å². The SMILES string of the molecule is C[C@@H](OC(=O)[C@@H]1CCCN(c2ccc(Cl)nn2)C1)C(=O)Nc1ccc(F)cc1Cl. The topological polar surface area (TPSA) is 84.4 Å². The number of carbonyl (C=O) groups is 2. The molecule has 0 spiro atoms. The average Bonchev–Trinajstić information content (AvgIpc) is 2.70. The number of ether oxygens (including phenoxy) is 1. The van der Waals surface area contributed by atoms with E-state index in [2.05, 4.69) is 15.5 Å². The van der Waals surface area contributed by atoms with Crippen molar-refractivity contribution in [2.45, 2.75) is 25.9 Å². The Morgan fingerprint density at radius 3 is 2.76 bits per heavy atom. The van der Waals surface area contributed by atoms with Gasteiger partial charge in [0.05, 0.1) is 16.6 Å². The second-order valence-electron chi connectivity index (χ2n) is 6.69. The van der Waals surface area contributed by atoms with Gasteiger partial charge >= 0.3 is 5.97 Å². The molecule has 2 aromatic rings. The number of hydrogen-bond donors (Lipinski definition) is 1.